The molecule has 0 spiro atoms. The Morgan fingerprint density at radius 1 is 1.06 bits per heavy atom. The highest BCUT2D eigenvalue weighted by Gasteiger charge is 2.31. The fourth-order valence-electron chi connectivity index (χ4n) is 4.16. The Bertz CT molecular complexity index is 1460. The van der Waals surface area contributed by atoms with E-state index >= 15 is 0 Å². The van der Waals surface area contributed by atoms with E-state index in [9.17, 15) is 9.59 Å². The molecule has 0 fully saturated rings. The number of benzene rings is 3. The number of aryl methyl sites for hydroxylation is 1. The molecule has 0 saturated carbocycles. The summed E-state index contributed by atoms with van der Waals surface area (Å²) in [4.78, 5) is 25.7. The number of carbonyl (C=O) groups excluding carboxylic acids is 2. The number of nitrogens with zero attached hydrogens (tertiary/aromatic N) is 1. The monoisotopic (exact) mass is 453 g/mol. The van der Waals surface area contributed by atoms with Crippen LogP contribution in [0.4, 0.5) is 0 Å². The van der Waals surface area contributed by atoms with E-state index in [1.165, 1.54) is 0 Å². The van der Waals surface area contributed by atoms with Crippen molar-refractivity contribution in [3.05, 3.63) is 94.9 Å². The van der Waals surface area contributed by atoms with E-state index in [4.69, 9.17) is 14.2 Å². The zero-order valence-electron chi connectivity index (χ0n) is 19.1. The molecule has 1 aliphatic rings. The number of methoxy groups -OCH3 is 1. The molecule has 0 aliphatic carbocycles. The maximum Gasteiger partial charge on any atom is 0.343 e. The molecule has 0 atom stereocenters. The lowest BCUT2D eigenvalue weighted by molar-refractivity contribution is 0.0733. The maximum atomic E-state index is 13.1. The summed E-state index contributed by atoms with van der Waals surface area (Å²) in [6.45, 7) is 4.67. The molecule has 1 aliphatic heterocycles. The molecule has 34 heavy (non-hydrogen) atoms. The molecule has 0 amide bonds. The van der Waals surface area contributed by atoms with Crippen molar-refractivity contribution in [2.24, 2.45) is 0 Å². The molecular formula is C28H23NO5. The zero-order valence-corrected chi connectivity index (χ0v) is 19.1. The number of hydrogen-bond acceptors (Lipinski definition) is 5. The summed E-state index contributed by atoms with van der Waals surface area (Å²) in [6, 6.07) is 18.0. The van der Waals surface area contributed by atoms with Gasteiger partial charge in [-0.2, -0.15) is 0 Å². The summed E-state index contributed by atoms with van der Waals surface area (Å²) in [5, 5.41) is 1.05. The SMILES string of the molecule is CCn1cc(/C=C2/Oc3c(ccc(OC(=O)c4ccc(OC)cc4)c3C)C2=O)c2ccccc21. The van der Waals surface area contributed by atoms with Crippen molar-refractivity contribution in [2.45, 2.75) is 20.4 Å². The van der Waals surface area contributed by atoms with Crippen molar-refractivity contribution in [1.82, 2.24) is 4.57 Å². The van der Waals surface area contributed by atoms with Gasteiger partial charge in [-0.25, -0.2) is 4.79 Å². The van der Waals surface area contributed by atoms with E-state index in [1.807, 2.05) is 24.4 Å². The van der Waals surface area contributed by atoms with E-state index in [0.717, 1.165) is 23.0 Å². The Kier molecular flexibility index (Phi) is 5.42. The van der Waals surface area contributed by atoms with Gasteiger partial charge in [-0.05, 0) is 62.4 Å². The van der Waals surface area contributed by atoms with Gasteiger partial charge in [-0.3, -0.25) is 4.79 Å². The summed E-state index contributed by atoms with van der Waals surface area (Å²) in [5.74, 6) is 0.957. The topological polar surface area (TPSA) is 66.8 Å². The number of Topliss-reactive ketones (excluding diaryl/α,β-unsaturated/α-hetero) is 1. The molecule has 170 valence electrons. The molecule has 0 N–H and O–H groups in total. The summed E-state index contributed by atoms with van der Waals surface area (Å²) < 4.78 is 18.9. The standard InChI is InChI=1S/C28H23NO5/c1-4-29-16-19(21-7-5-6-8-23(21)29)15-25-26(30)22-13-14-24(17(2)27(22)33-25)34-28(31)18-9-11-20(32-3)12-10-18/h5-16H,4H2,1-3H3/b25-15+. The predicted molar refractivity (Wildman–Crippen MR) is 130 cm³/mol. The van der Waals surface area contributed by atoms with Crippen LogP contribution >= 0.6 is 0 Å². The van der Waals surface area contributed by atoms with Gasteiger partial charge in [0.05, 0.1) is 18.2 Å². The first-order valence-corrected chi connectivity index (χ1v) is 11.0. The lowest BCUT2D eigenvalue weighted by Gasteiger charge is -2.10. The largest absolute Gasteiger partial charge is 0.497 e. The van der Waals surface area contributed by atoms with Crippen LogP contribution in [0.1, 0.15) is 38.8 Å². The molecule has 4 aromatic rings. The van der Waals surface area contributed by atoms with E-state index in [0.29, 0.717) is 33.9 Å². The summed E-state index contributed by atoms with van der Waals surface area (Å²) >= 11 is 0. The first-order valence-electron chi connectivity index (χ1n) is 11.0. The minimum Gasteiger partial charge on any atom is -0.497 e. The van der Waals surface area contributed by atoms with Crippen LogP contribution in [0.15, 0.2) is 72.6 Å². The second kappa shape index (κ2) is 8.56. The number of fused-ring (bicyclic) bond motifs is 2. The smallest absolute Gasteiger partial charge is 0.343 e. The van der Waals surface area contributed by atoms with Gasteiger partial charge in [-0.15, -0.1) is 0 Å². The quantitative estimate of drug-likeness (QED) is 0.217. The number of rotatable bonds is 5. The van der Waals surface area contributed by atoms with Crippen LogP contribution in [0.3, 0.4) is 0 Å². The number of aromatic nitrogens is 1. The Morgan fingerprint density at radius 2 is 1.82 bits per heavy atom. The maximum absolute atomic E-state index is 13.1. The van der Waals surface area contributed by atoms with Crippen LogP contribution in [-0.2, 0) is 6.54 Å². The third-order valence-electron chi connectivity index (χ3n) is 6.01. The fourth-order valence-corrected chi connectivity index (χ4v) is 4.16. The van der Waals surface area contributed by atoms with Gasteiger partial charge in [0.2, 0.25) is 5.78 Å². The van der Waals surface area contributed by atoms with Gasteiger partial charge < -0.3 is 18.8 Å². The minimum atomic E-state index is -0.502. The molecule has 0 saturated heterocycles. The lowest BCUT2D eigenvalue weighted by atomic mass is 10.1. The Hall–Kier alpha value is -4.32. The average Bonchev–Trinajstić information content (AvgIpc) is 3.39. The summed E-state index contributed by atoms with van der Waals surface area (Å²) in [7, 11) is 1.56. The van der Waals surface area contributed by atoms with Crippen molar-refractivity contribution < 1.29 is 23.8 Å². The molecular weight excluding hydrogens is 430 g/mol. The number of allylic oxidation sites excluding steroid dienone is 1. The second-order valence-electron chi connectivity index (χ2n) is 8.01. The van der Waals surface area contributed by atoms with E-state index in [-0.39, 0.29) is 11.5 Å². The van der Waals surface area contributed by atoms with Crippen molar-refractivity contribution in [1.29, 1.82) is 0 Å². The molecule has 1 aromatic heterocycles. The number of para-hydroxylation sites is 1. The van der Waals surface area contributed by atoms with Gasteiger partial charge in [-0.1, -0.05) is 18.2 Å². The summed E-state index contributed by atoms with van der Waals surface area (Å²) in [5.41, 5.74) is 3.45. The van der Waals surface area contributed by atoms with Crippen LogP contribution in [0.2, 0.25) is 0 Å². The first kappa shape index (κ1) is 21.5. The third kappa shape index (κ3) is 3.63. The van der Waals surface area contributed by atoms with E-state index < -0.39 is 5.97 Å². The van der Waals surface area contributed by atoms with Gasteiger partial charge in [0.25, 0.3) is 0 Å². The first-order chi connectivity index (χ1) is 16.5. The Morgan fingerprint density at radius 3 is 2.56 bits per heavy atom. The molecule has 3 aromatic carbocycles. The van der Waals surface area contributed by atoms with Gasteiger partial charge >= 0.3 is 5.97 Å². The highest BCUT2D eigenvalue weighted by atomic mass is 16.5. The number of hydrogen-bond donors (Lipinski definition) is 0. The number of ether oxygens (including phenoxy) is 3. The van der Waals surface area contributed by atoms with Crippen molar-refractivity contribution in [3.63, 3.8) is 0 Å². The number of ketones is 1. The third-order valence-corrected chi connectivity index (χ3v) is 6.01. The van der Waals surface area contributed by atoms with Crippen LogP contribution in [0.25, 0.3) is 17.0 Å². The van der Waals surface area contributed by atoms with Gasteiger partial charge in [0.1, 0.15) is 17.2 Å². The molecule has 0 radical (unpaired) electrons. The highest BCUT2D eigenvalue weighted by Crippen LogP contribution is 2.40. The highest BCUT2D eigenvalue weighted by molar-refractivity contribution is 6.15. The minimum absolute atomic E-state index is 0.195. The van der Waals surface area contributed by atoms with Gasteiger partial charge in [0.15, 0.2) is 5.76 Å². The second-order valence-corrected chi connectivity index (χ2v) is 8.01. The molecule has 0 bridgehead atoms. The number of carbonyl (C=O) groups is 2. The van der Waals surface area contributed by atoms with Crippen LogP contribution in [0, 0.1) is 6.92 Å². The van der Waals surface area contributed by atoms with Gasteiger partial charge in [0, 0.05) is 34.8 Å². The Balaban J connectivity index is 1.44. The fraction of sp³-hybridized carbons (Fsp3) is 0.143. The number of esters is 1. The predicted octanol–water partition coefficient (Wildman–Crippen LogP) is 5.81. The molecule has 0 unspecified atom stereocenters. The average molecular weight is 453 g/mol. The van der Waals surface area contributed by atoms with Crippen molar-refractivity contribution in [2.75, 3.05) is 7.11 Å². The Labute approximate surface area is 197 Å². The van der Waals surface area contributed by atoms with Crippen molar-refractivity contribution >= 4 is 28.7 Å². The normalized spacial score (nSPS) is 13.7. The van der Waals surface area contributed by atoms with E-state index in [1.54, 1.807) is 56.5 Å². The molecule has 6 heteroatoms. The zero-order chi connectivity index (χ0) is 23.8. The molecule has 2 heterocycles. The summed E-state index contributed by atoms with van der Waals surface area (Å²) in [6.07, 6.45) is 3.80. The van der Waals surface area contributed by atoms with Crippen LogP contribution in [-0.4, -0.2) is 23.4 Å². The van der Waals surface area contributed by atoms with Crippen LogP contribution in [0.5, 0.6) is 17.2 Å². The van der Waals surface area contributed by atoms with Crippen LogP contribution < -0.4 is 14.2 Å². The van der Waals surface area contributed by atoms with E-state index in [2.05, 4.69) is 17.6 Å². The molecule has 6 nitrogen and oxygen atoms in total. The molecule has 5 rings (SSSR count). The van der Waals surface area contributed by atoms with Crippen molar-refractivity contribution in [3.8, 4) is 17.2 Å². The lowest BCUT2D eigenvalue weighted by Crippen LogP contribution is -2.09.